The minimum atomic E-state index is 0.0719. The van der Waals surface area contributed by atoms with Crippen molar-refractivity contribution in [1.82, 2.24) is 14.7 Å². The Morgan fingerprint density at radius 1 is 1.31 bits per heavy atom. The maximum absolute atomic E-state index is 11.7. The maximum Gasteiger partial charge on any atom is 0.319 e. The zero-order chi connectivity index (χ0) is 12.3. The number of rotatable bonds is 2. The summed E-state index contributed by atoms with van der Waals surface area (Å²) < 4.78 is 0. The van der Waals surface area contributed by atoms with Gasteiger partial charge in [-0.05, 0) is 6.92 Å². The molecule has 0 aliphatic carbocycles. The van der Waals surface area contributed by atoms with E-state index in [0.29, 0.717) is 4.99 Å². The van der Waals surface area contributed by atoms with Crippen molar-refractivity contribution in [2.75, 3.05) is 40.3 Å². The van der Waals surface area contributed by atoms with Crippen LogP contribution >= 0.6 is 12.2 Å². The molecule has 0 aromatic heterocycles. The smallest absolute Gasteiger partial charge is 0.319 e. The van der Waals surface area contributed by atoms with Gasteiger partial charge in [0.1, 0.15) is 0 Å². The summed E-state index contributed by atoms with van der Waals surface area (Å²) in [6, 6.07) is 0.189. The average molecular weight is 244 g/mol. The van der Waals surface area contributed by atoms with Crippen LogP contribution in [0.2, 0.25) is 0 Å². The minimum absolute atomic E-state index is 0.0719. The van der Waals surface area contributed by atoms with Gasteiger partial charge in [0.25, 0.3) is 0 Å². The number of hydrogen-bond acceptors (Lipinski definition) is 3. The number of nitrogens with two attached hydrogens (primary N) is 1. The first kappa shape index (κ1) is 13.2. The van der Waals surface area contributed by atoms with Gasteiger partial charge >= 0.3 is 6.03 Å². The largest absolute Gasteiger partial charge is 0.392 e. The number of thiocarbonyl (C=S) groups is 1. The first-order valence-corrected chi connectivity index (χ1v) is 5.84. The fraction of sp³-hybridized carbons (Fsp3) is 0.800. The Morgan fingerprint density at radius 2 is 1.81 bits per heavy atom. The SMILES string of the molecule is CC(C(N)=S)N1CCN(C(=O)N(C)C)CC1. The van der Waals surface area contributed by atoms with Crippen LogP contribution in [-0.2, 0) is 0 Å². The molecular weight excluding hydrogens is 224 g/mol. The average Bonchev–Trinajstić information content (AvgIpc) is 2.27. The monoisotopic (exact) mass is 244 g/mol. The molecule has 0 bridgehead atoms. The number of amides is 2. The van der Waals surface area contributed by atoms with Gasteiger partial charge in [-0.3, -0.25) is 4.90 Å². The van der Waals surface area contributed by atoms with Gasteiger partial charge in [0, 0.05) is 40.3 Å². The summed E-state index contributed by atoms with van der Waals surface area (Å²) in [5, 5.41) is 0. The Morgan fingerprint density at radius 3 is 2.19 bits per heavy atom. The molecule has 0 radical (unpaired) electrons. The van der Waals surface area contributed by atoms with Crippen molar-refractivity contribution in [2.24, 2.45) is 5.73 Å². The minimum Gasteiger partial charge on any atom is -0.392 e. The van der Waals surface area contributed by atoms with E-state index in [1.165, 1.54) is 0 Å². The second-order valence-electron chi connectivity index (χ2n) is 4.28. The number of nitrogens with zero attached hydrogens (tertiary/aromatic N) is 3. The molecule has 1 aliphatic heterocycles. The van der Waals surface area contributed by atoms with E-state index in [1.54, 1.807) is 19.0 Å². The van der Waals surface area contributed by atoms with Crippen molar-refractivity contribution in [2.45, 2.75) is 13.0 Å². The first-order chi connectivity index (χ1) is 7.43. The highest BCUT2D eigenvalue weighted by molar-refractivity contribution is 7.80. The molecule has 1 aliphatic rings. The molecule has 1 saturated heterocycles. The number of urea groups is 1. The summed E-state index contributed by atoms with van der Waals surface area (Å²) in [6.45, 7) is 5.15. The molecule has 1 heterocycles. The molecular formula is C10H20N4OS. The van der Waals surface area contributed by atoms with E-state index in [-0.39, 0.29) is 12.1 Å². The van der Waals surface area contributed by atoms with Gasteiger partial charge in [0.15, 0.2) is 0 Å². The van der Waals surface area contributed by atoms with Crippen LogP contribution in [0.3, 0.4) is 0 Å². The molecule has 6 heteroatoms. The van der Waals surface area contributed by atoms with E-state index in [0.717, 1.165) is 26.2 Å². The van der Waals surface area contributed by atoms with Crippen molar-refractivity contribution in [3.63, 3.8) is 0 Å². The summed E-state index contributed by atoms with van der Waals surface area (Å²) in [4.78, 5) is 17.9. The molecule has 2 amide bonds. The van der Waals surface area contributed by atoms with Crippen molar-refractivity contribution < 1.29 is 4.79 Å². The van der Waals surface area contributed by atoms with Crippen LogP contribution in [0.5, 0.6) is 0 Å². The third-order valence-corrected chi connectivity index (χ3v) is 3.27. The van der Waals surface area contributed by atoms with Crippen LogP contribution in [0.25, 0.3) is 0 Å². The van der Waals surface area contributed by atoms with Gasteiger partial charge in [-0.2, -0.15) is 0 Å². The molecule has 0 spiro atoms. The molecule has 1 unspecified atom stereocenters. The van der Waals surface area contributed by atoms with E-state index in [2.05, 4.69) is 4.90 Å². The van der Waals surface area contributed by atoms with Crippen LogP contribution in [0.15, 0.2) is 0 Å². The third kappa shape index (κ3) is 3.05. The lowest BCUT2D eigenvalue weighted by molar-refractivity contribution is 0.117. The summed E-state index contributed by atoms with van der Waals surface area (Å²) in [6.07, 6.45) is 0. The predicted molar refractivity (Wildman–Crippen MR) is 68.5 cm³/mol. The van der Waals surface area contributed by atoms with Gasteiger partial charge in [0.05, 0.1) is 11.0 Å². The number of carbonyl (C=O) groups is 1. The van der Waals surface area contributed by atoms with Gasteiger partial charge in [0.2, 0.25) is 0 Å². The molecule has 1 rings (SSSR count). The fourth-order valence-corrected chi connectivity index (χ4v) is 1.91. The van der Waals surface area contributed by atoms with Crippen molar-refractivity contribution in [1.29, 1.82) is 0 Å². The zero-order valence-corrected chi connectivity index (χ0v) is 11.0. The van der Waals surface area contributed by atoms with Crippen LogP contribution in [0.1, 0.15) is 6.92 Å². The quantitative estimate of drug-likeness (QED) is 0.693. The number of piperazine rings is 1. The Bertz CT molecular complexity index is 274. The Labute approximate surface area is 102 Å². The normalized spacial score (nSPS) is 19.3. The lowest BCUT2D eigenvalue weighted by Gasteiger charge is -2.38. The zero-order valence-electron chi connectivity index (χ0n) is 10.1. The molecule has 92 valence electrons. The molecule has 1 atom stereocenters. The molecule has 0 aromatic rings. The summed E-state index contributed by atoms with van der Waals surface area (Å²) >= 11 is 4.97. The number of hydrogen-bond donors (Lipinski definition) is 1. The van der Waals surface area contributed by atoms with E-state index >= 15 is 0 Å². The second kappa shape index (κ2) is 5.45. The topological polar surface area (TPSA) is 52.8 Å². The van der Waals surface area contributed by atoms with E-state index in [1.807, 2.05) is 11.8 Å². The third-order valence-electron chi connectivity index (χ3n) is 2.93. The first-order valence-electron chi connectivity index (χ1n) is 5.43. The highest BCUT2D eigenvalue weighted by atomic mass is 32.1. The summed E-state index contributed by atoms with van der Waals surface area (Å²) in [5.41, 5.74) is 5.61. The van der Waals surface area contributed by atoms with E-state index < -0.39 is 0 Å². The molecule has 0 aromatic carbocycles. The highest BCUT2D eigenvalue weighted by Gasteiger charge is 2.25. The maximum atomic E-state index is 11.7. The van der Waals surface area contributed by atoms with Crippen molar-refractivity contribution in [3.05, 3.63) is 0 Å². The summed E-state index contributed by atoms with van der Waals surface area (Å²) in [7, 11) is 3.54. The van der Waals surface area contributed by atoms with Crippen LogP contribution < -0.4 is 5.73 Å². The Balaban J connectivity index is 2.45. The van der Waals surface area contributed by atoms with Gasteiger partial charge in [-0.15, -0.1) is 0 Å². The standard InChI is InChI=1S/C10H20N4OS/c1-8(9(11)16)13-4-6-14(7-5-13)10(15)12(2)3/h8H,4-7H2,1-3H3,(H2,11,16). The van der Waals surface area contributed by atoms with E-state index in [4.69, 9.17) is 18.0 Å². The lowest BCUT2D eigenvalue weighted by atomic mass is 10.2. The van der Waals surface area contributed by atoms with Crippen LogP contribution in [0, 0.1) is 0 Å². The lowest BCUT2D eigenvalue weighted by Crippen LogP contribution is -2.55. The van der Waals surface area contributed by atoms with Gasteiger partial charge < -0.3 is 15.5 Å². The second-order valence-corrected chi connectivity index (χ2v) is 4.75. The van der Waals surface area contributed by atoms with Gasteiger partial charge in [-0.25, -0.2) is 4.79 Å². The molecule has 2 N–H and O–H groups in total. The summed E-state index contributed by atoms with van der Waals surface area (Å²) in [5.74, 6) is 0. The Hall–Kier alpha value is -0.880. The molecule has 1 fully saturated rings. The van der Waals surface area contributed by atoms with Crippen LogP contribution in [-0.4, -0.2) is 72.0 Å². The molecule has 0 saturated carbocycles. The van der Waals surface area contributed by atoms with Crippen molar-refractivity contribution >= 4 is 23.2 Å². The molecule has 16 heavy (non-hydrogen) atoms. The highest BCUT2D eigenvalue weighted by Crippen LogP contribution is 2.07. The number of carbonyl (C=O) groups excluding carboxylic acids is 1. The molecule has 5 nitrogen and oxygen atoms in total. The van der Waals surface area contributed by atoms with Gasteiger partial charge in [-0.1, -0.05) is 12.2 Å². The fourth-order valence-electron chi connectivity index (χ4n) is 1.76. The van der Waals surface area contributed by atoms with Crippen LogP contribution in [0.4, 0.5) is 4.79 Å². The van der Waals surface area contributed by atoms with E-state index in [9.17, 15) is 4.79 Å². The van der Waals surface area contributed by atoms with Crippen molar-refractivity contribution in [3.8, 4) is 0 Å². The Kier molecular flexibility index (Phi) is 4.49. The predicted octanol–water partition coefficient (Wildman–Crippen LogP) is -0.0398.